The number of aryl methyl sites for hydroxylation is 2. The molecule has 0 bridgehead atoms. The highest BCUT2D eigenvalue weighted by Gasteiger charge is 2.13. The first-order valence-corrected chi connectivity index (χ1v) is 5.85. The van der Waals surface area contributed by atoms with E-state index >= 15 is 0 Å². The summed E-state index contributed by atoms with van der Waals surface area (Å²) in [6.07, 6.45) is 3.33. The van der Waals surface area contributed by atoms with Crippen LogP contribution in [0.2, 0.25) is 0 Å². The number of aromatic nitrogens is 2. The van der Waals surface area contributed by atoms with E-state index in [4.69, 9.17) is 0 Å². The second-order valence-corrected chi connectivity index (χ2v) is 4.57. The molecule has 0 radical (unpaired) electrons. The number of hydrogen-bond donors (Lipinski definition) is 1. The van der Waals surface area contributed by atoms with Gasteiger partial charge in [-0.3, -0.25) is 4.99 Å². The largest absolute Gasteiger partial charge is 0.341 e. The zero-order valence-corrected chi connectivity index (χ0v) is 10.5. The molecular formula is C13H19N3. The number of imidazole rings is 1. The summed E-state index contributed by atoms with van der Waals surface area (Å²) in [6, 6.07) is 0. The molecule has 0 aromatic carbocycles. The summed E-state index contributed by atoms with van der Waals surface area (Å²) in [4.78, 5) is 12.5. The molecule has 86 valence electrons. The van der Waals surface area contributed by atoms with Crippen molar-refractivity contribution >= 4 is 5.71 Å². The van der Waals surface area contributed by atoms with Crippen LogP contribution in [0.25, 0.3) is 0 Å². The van der Waals surface area contributed by atoms with Crippen molar-refractivity contribution in [1.29, 1.82) is 0 Å². The van der Waals surface area contributed by atoms with Crippen LogP contribution in [0.3, 0.4) is 0 Å². The van der Waals surface area contributed by atoms with E-state index in [1.165, 1.54) is 12.0 Å². The van der Waals surface area contributed by atoms with Gasteiger partial charge in [-0.2, -0.15) is 0 Å². The molecule has 3 nitrogen and oxygen atoms in total. The zero-order chi connectivity index (χ0) is 11.7. The van der Waals surface area contributed by atoms with Crippen LogP contribution in [0, 0.1) is 13.8 Å². The smallest absolute Gasteiger partial charge is 0.152 e. The molecule has 2 heterocycles. The molecule has 0 saturated carbocycles. The van der Waals surface area contributed by atoms with Gasteiger partial charge in [-0.15, -0.1) is 0 Å². The third kappa shape index (κ3) is 2.08. The molecule has 2 rings (SSSR count). The molecule has 0 aliphatic carbocycles. The van der Waals surface area contributed by atoms with Gasteiger partial charge in [-0.1, -0.05) is 5.57 Å². The minimum absolute atomic E-state index is 0.948. The second kappa shape index (κ2) is 4.24. The number of aliphatic imine (C=N–C) groups is 1. The lowest BCUT2D eigenvalue weighted by atomic mass is 10.1. The maximum absolute atomic E-state index is 4.68. The van der Waals surface area contributed by atoms with E-state index in [0.29, 0.717) is 0 Å². The molecule has 0 spiro atoms. The molecule has 0 atom stereocenters. The van der Waals surface area contributed by atoms with E-state index in [-0.39, 0.29) is 0 Å². The predicted octanol–water partition coefficient (Wildman–Crippen LogP) is 3.29. The molecular weight excluding hydrogens is 198 g/mol. The van der Waals surface area contributed by atoms with E-state index < -0.39 is 0 Å². The maximum Gasteiger partial charge on any atom is 0.152 e. The Morgan fingerprint density at radius 2 is 1.81 bits per heavy atom. The minimum Gasteiger partial charge on any atom is -0.341 e. The monoisotopic (exact) mass is 217 g/mol. The molecule has 1 N–H and O–H groups in total. The predicted molar refractivity (Wildman–Crippen MR) is 66.8 cm³/mol. The summed E-state index contributed by atoms with van der Waals surface area (Å²) in [5.41, 5.74) is 5.86. The Balaban J connectivity index is 2.37. The average Bonchev–Trinajstić information content (AvgIpc) is 2.47. The van der Waals surface area contributed by atoms with Gasteiger partial charge in [-0.25, -0.2) is 4.98 Å². The molecule has 1 aliphatic rings. The molecule has 0 unspecified atom stereocenters. The highest BCUT2D eigenvalue weighted by Crippen LogP contribution is 2.20. The zero-order valence-electron chi connectivity index (χ0n) is 10.5. The number of allylic oxidation sites excluding steroid dienone is 2. The number of hydrogen-bond acceptors (Lipinski definition) is 2. The van der Waals surface area contributed by atoms with Crippen molar-refractivity contribution in [2.75, 3.05) is 0 Å². The van der Waals surface area contributed by atoms with Crippen LogP contribution in [-0.4, -0.2) is 15.7 Å². The van der Waals surface area contributed by atoms with E-state index in [1.807, 2.05) is 6.92 Å². The van der Waals surface area contributed by atoms with Crippen LogP contribution in [0.4, 0.5) is 0 Å². The highest BCUT2D eigenvalue weighted by atomic mass is 15.0. The highest BCUT2D eigenvalue weighted by molar-refractivity contribution is 5.98. The Labute approximate surface area is 96.7 Å². The maximum atomic E-state index is 4.68. The summed E-state index contributed by atoms with van der Waals surface area (Å²) in [6.45, 7) is 8.33. The SMILES string of the molecule is CC1=C(C)N=C(c2nc(C)c(C)[nH]2)CCC1. The normalized spacial score (nSPS) is 17.4. The summed E-state index contributed by atoms with van der Waals surface area (Å²) in [5, 5.41) is 0. The fourth-order valence-corrected chi connectivity index (χ4v) is 1.91. The number of nitrogens with zero attached hydrogens (tertiary/aromatic N) is 2. The van der Waals surface area contributed by atoms with Crippen LogP contribution in [0.5, 0.6) is 0 Å². The number of nitrogens with one attached hydrogen (secondary N) is 1. The molecule has 1 aromatic rings. The Morgan fingerprint density at radius 3 is 2.44 bits per heavy atom. The molecule has 0 saturated heterocycles. The standard InChI is InChI=1S/C13H19N3/c1-8-6-5-7-12(14-9(8)2)13-15-10(3)11(4)16-13/h5-7H2,1-4H3,(H,15,16). The van der Waals surface area contributed by atoms with E-state index in [1.54, 1.807) is 0 Å². The van der Waals surface area contributed by atoms with E-state index in [9.17, 15) is 0 Å². The van der Waals surface area contributed by atoms with Crippen LogP contribution in [-0.2, 0) is 0 Å². The molecule has 0 fully saturated rings. The molecule has 3 heteroatoms. The third-order valence-electron chi connectivity index (χ3n) is 3.29. The van der Waals surface area contributed by atoms with Crippen LogP contribution >= 0.6 is 0 Å². The Morgan fingerprint density at radius 1 is 1.06 bits per heavy atom. The van der Waals surface area contributed by atoms with Crippen LogP contribution < -0.4 is 0 Å². The molecule has 0 amide bonds. The first-order valence-electron chi connectivity index (χ1n) is 5.85. The summed E-state index contributed by atoms with van der Waals surface area (Å²) in [5.74, 6) is 0.948. The van der Waals surface area contributed by atoms with Crippen molar-refractivity contribution in [2.45, 2.75) is 47.0 Å². The van der Waals surface area contributed by atoms with Crippen molar-refractivity contribution in [1.82, 2.24) is 9.97 Å². The third-order valence-corrected chi connectivity index (χ3v) is 3.29. The Bertz CT molecular complexity index is 444. The molecule has 1 aliphatic heterocycles. The van der Waals surface area contributed by atoms with Crippen molar-refractivity contribution < 1.29 is 0 Å². The molecule has 16 heavy (non-hydrogen) atoms. The quantitative estimate of drug-likeness (QED) is 0.770. The first kappa shape index (κ1) is 11.1. The number of aromatic amines is 1. The lowest BCUT2D eigenvalue weighted by Crippen LogP contribution is -2.03. The van der Waals surface area contributed by atoms with Crippen molar-refractivity contribution in [3.05, 3.63) is 28.5 Å². The van der Waals surface area contributed by atoms with Gasteiger partial charge in [0.15, 0.2) is 5.82 Å². The topological polar surface area (TPSA) is 41.0 Å². The fourth-order valence-electron chi connectivity index (χ4n) is 1.91. The van der Waals surface area contributed by atoms with Gasteiger partial charge < -0.3 is 4.98 Å². The van der Waals surface area contributed by atoms with Gasteiger partial charge in [0.25, 0.3) is 0 Å². The van der Waals surface area contributed by atoms with E-state index in [2.05, 4.69) is 35.7 Å². The Hall–Kier alpha value is -1.38. The van der Waals surface area contributed by atoms with Gasteiger partial charge in [0.05, 0.1) is 11.4 Å². The number of rotatable bonds is 1. The number of H-pyrrole nitrogens is 1. The minimum atomic E-state index is 0.948. The fraction of sp³-hybridized carbons (Fsp3) is 0.538. The van der Waals surface area contributed by atoms with Crippen molar-refractivity contribution in [3.8, 4) is 0 Å². The lowest BCUT2D eigenvalue weighted by Gasteiger charge is -1.99. The van der Waals surface area contributed by atoms with Crippen LogP contribution in [0.15, 0.2) is 16.3 Å². The Kier molecular flexibility index (Phi) is 2.95. The van der Waals surface area contributed by atoms with Crippen molar-refractivity contribution in [2.24, 2.45) is 4.99 Å². The average molecular weight is 217 g/mol. The van der Waals surface area contributed by atoms with Crippen LogP contribution in [0.1, 0.15) is 50.3 Å². The van der Waals surface area contributed by atoms with Gasteiger partial charge in [0, 0.05) is 11.4 Å². The van der Waals surface area contributed by atoms with E-state index in [0.717, 1.165) is 41.5 Å². The van der Waals surface area contributed by atoms with Crippen molar-refractivity contribution in [3.63, 3.8) is 0 Å². The summed E-state index contributed by atoms with van der Waals surface area (Å²) < 4.78 is 0. The summed E-state index contributed by atoms with van der Waals surface area (Å²) >= 11 is 0. The van der Waals surface area contributed by atoms with Gasteiger partial charge in [0.2, 0.25) is 0 Å². The van der Waals surface area contributed by atoms with Gasteiger partial charge in [-0.05, 0) is 47.0 Å². The molecule has 1 aromatic heterocycles. The second-order valence-electron chi connectivity index (χ2n) is 4.57. The summed E-state index contributed by atoms with van der Waals surface area (Å²) in [7, 11) is 0. The van der Waals surface area contributed by atoms with Gasteiger partial charge >= 0.3 is 0 Å². The first-order chi connectivity index (χ1) is 7.58. The lowest BCUT2D eigenvalue weighted by molar-refractivity contribution is 0.855. The van der Waals surface area contributed by atoms with Gasteiger partial charge in [0.1, 0.15) is 0 Å².